The topological polar surface area (TPSA) is 69.2 Å². The lowest BCUT2D eigenvalue weighted by Gasteiger charge is -2.18. The summed E-state index contributed by atoms with van der Waals surface area (Å²) in [7, 11) is 1.59. The number of nitrogens with one attached hydrogen (secondary N) is 1. The average Bonchev–Trinajstić information content (AvgIpc) is 2.46. The van der Waals surface area contributed by atoms with E-state index in [0.717, 1.165) is 17.8 Å². The minimum Gasteiger partial charge on any atom is -0.486 e. The summed E-state index contributed by atoms with van der Waals surface area (Å²) in [5.41, 5.74) is 1.66. The van der Waals surface area contributed by atoms with E-state index in [-0.39, 0.29) is 0 Å². The van der Waals surface area contributed by atoms with Gasteiger partial charge in [-0.15, -0.1) is 0 Å². The molecule has 1 N–H and O–H groups in total. The molecule has 98 valence electrons. The first-order chi connectivity index (χ1) is 9.28. The van der Waals surface area contributed by atoms with Crippen molar-refractivity contribution in [3.63, 3.8) is 0 Å². The molecule has 2 aromatic heterocycles. The fourth-order valence-electron chi connectivity index (χ4n) is 1.92. The highest BCUT2D eigenvalue weighted by molar-refractivity contribution is 5.65. The molecule has 0 aromatic carbocycles. The van der Waals surface area contributed by atoms with Gasteiger partial charge < -0.3 is 14.8 Å². The Labute approximate surface area is 110 Å². The van der Waals surface area contributed by atoms with E-state index in [1.807, 2.05) is 19.1 Å². The van der Waals surface area contributed by atoms with E-state index >= 15 is 0 Å². The fourth-order valence-corrected chi connectivity index (χ4v) is 1.92. The van der Waals surface area contributed by atoms with Crippen molar-refractivity contribution in [2.45, 2.75) is 6.92 Å². The molecule has 6 heteroatoms. The van der Waals surface area contributed by atoms with Crippen molar-refractivity contribution < 1.29 is 9.47 Å². The van der Waals surface area contributed by atoms with Crippen LogP contribution in [-0.4, -0.2) is 35.2 Å². The van der Waals surface area contributed by atoms with E-state index in [1.54, 1.807) is 13.3 Å². The summed E-state index contributed by atoms with van der Waals surface area (Å²) in [5.74, 6) is 2.48. The number of aromatic nitrogens is 3. The van der Waals surface area contributed by atoms with E-state index < -0.39 is 0 Å². The second-order valence-corrected chi connectivity index (χ2v) is 4.19. The van der Waals surface area contributed by atoms with Crippen molar-refractivity contribution >= 4 is 5.82 Å². The summed E-state index contributed by atoms with van der Waals surface area (Å²) in [4.78, 5) is 13.1. The minimum absolute atomic E-state index is 0.525. The lowest BCUT2D eigenvalue weighted by Crippen LogP contribution is -2.19. The minimum atomic E-state index is 0.525. The van der Waals surface area contributed by atoms with Crippen LogP contribution >= 0.6 is 0 Å². The second-order valence-electron chi connectivity index (χ2n) is 4.19. The Balaban J connectivity index is 2.07. The number of ether oxygens (including phenoxy) is 2. The third-order valence-electron chi connectivity index (χ3n) is 2.84. The number of anilines is 1. The molecule has 19 heavy (non-hydrogen) atoms. The van der Waals surface area contributed by atoms with E-state index in [0.29, 0.717) is 29.9 Å². The molecule has 0 atom stereocenters. The van der Waals surface area contributed by atoms with Crippen LogP contribution in [-0.2, 0) is 0 Å². The Morgan fingerprint density at radius 1 is 1.32 bits per heavy atom. The van der Waals surface area contributed by atoms with Crippen molar-refractivity contribution in [2.24, 2.45) is 0 Å². The molecular weight excluding hydrogens is 244 g/mol. The van der Waals surface area contributed by atoms with Crippen molar-refractivity contribution in [1.29, 1.82) is 0 Å². The summed E-state index contributed by atoms with van der Waals surface area (Å²) in [6, 6.07) is 3.82. The normalized spacial score (nSPS) is 13.2. The lowest BCUT2D eigenvalue weighted by atomic mass is 10.2. The number of pyridine rings is 1. The second kappa shape index (κ2) is 4.72. The highest BCUT2D eigenvalue weighted by Gasteiger charge is 2.16. The Morgan fingerprint density at radius 3 is 3.05 bits per heavy atom. The molecule has 3 rings (SSSR count). The molecule has 0 saturated carbocycles. The van der Waals surface area contributed by atoms with Crippen LogP contribution in [0.2, 0.25) is 0 Å². The van der Waals surface area contributed by atoms with Crippen LogP contribution in [0.3, 0.4) is 0 Å². The van der Waals surface area contributed by atoms with Gasteiger partial charge in [-0.1, -0.05) is 0 Å². The molecule has 6 nitrogen and oxygen atoms in total. The Kier molecular flexibility index (Phi) is 2.91. The van der Waals surface area contributed by atoms with E-state index in [1.165, 1.54) is 0 Å². The maximum absolute atomic E-state index is 5.46. The number of aryl methyl sites for hydroxylation is 1. The molecule has 1 aliphatic rings. The zero-order valence-corrected chi connectivity index (χ0v) is 10.8. The van der Waals surface area contributed by atoms with Gasteiger partial charge in [0.25, 0.3) is 0 Å². The fraction of sp³-hybridized carbons (Fsp3) is 0.308. The Bertz CT molecular complexity index is 616. The highest BCUT2D eigenvalue weighted by Crippen LogP contribution is 2.30. The maximum Gasteiger partial charge on any atom is 0.224 e. The predicted molar refractivity (Wildman–Crippen MR) is 70.5 cm³/mol. The van der Waals surface area contributed by atoms with Gasteiger partial charge in [0, 0.05) is 5.69 Å². The molecule has 0 aliphatic carbocycles. The molecule has 3 heterocycles. The van der Waals surface area contributed by atoms with Crippen LogP contribution in [0.25, 0.3) is 11.4 Å². The zero-order chi connectivity index (χ0) is 13.2. The lowest BCUT2D eigenvalue weighted by molar-refractivity contribution is 0.320. The van der Waals surface area contributed by atoms with Crippen LogP contribution in [0.1, 0.15) is 5.69 Å². The summed E-state index contributed by atoms with van der Waals surface area (Å²) < 4.78 is 10.7. The summed E-state index contributed by atoms with van der Waals surface area (Å²) in [5, 5.41) is 3.18. The van der Waals surface area contributed by atoms with Gasteiger partial charge in [-0.05, 0) is 19.1 Å². The molecule has 0 radical (unpaired) electrons. The molecular formula is C13H14N4O2. The highest BCUT2D eigenvalue weighted by atomic mass is 16.5. The van der Waals surface area contributed by atoms with Gasteiger partial charge in [0.2, 0.25) is 5.88 Å². The number of nitrogens with zero attached hydrogens (tertiary/aromatic N) is 3. The third-order valence-corrected chi connectivity index (χ3v) is 2.84. The third kappa shape index (κ3) is 2.16. The van der Waals surface area contributed by atoms with Gasteiger partial charge in [0.15, 0.2) is 17.4 Å². The van der Waals surface area contributed by atoms with Gasteiger partial charge in [0.05, 0.1) is 25.4 Å². The quantitative estimate of drug-likeness (QED) is 0.883. The SMILES string of the molecule is COc1nc(C)ccc1-c1ncc2c(n1)NCCO2. The number of hydrogen-bond acceptors (Lipinski definition) is 6. The molecule has 2 aromatic rings. The molecule has 0 bridgehead atoms. The maximum atomic E-state index is 5.46. The molecule has 0 spiro atoms. The largest absolute Gasteiger partial charge is 0.486 e. The first-order valence-corrected chi connectivity index (χ1v) is 6.03. The van der Waals surface area contributed by atoms with Gasteiger partial charge in [-0.3, -0.25) is 0 Å². The summed E-state index contributed by atoms with van der Waals surface area (Å²) >= 11 is 0. The molecule has 0 saturated heterocycles. The van der Waals surface area contributed by atoms with E-state index in [9.17, 15) is 0 Å². The average molecular weight is 258 g/mol. The Morgan fingerprint density at radius 2 is 2.21 bits per heavy atom. The van der Waals surface area contributed by atoms with Gasteiger partial charge >= 0.3 is 0 Å². The summed E-state index contributed by atoms with van der Waals surface area (Å²) in [6.07, 6.45) is 1.67. The Hall–Kier alpha value is -2.37. The molecule has 1 aliphatic heterocycles. The van der Waals surface area contributed by atoms with E-state index in [4.69, 9.17) is 9.47 Å². The first kappa shape index (κ1) is 11.7. The standard InChI is InChI=1S/C13H14N4O2/c1-8-3-4-9(13(16-8)18-2)11-15-7-10-12(17-11)14-5-6-19-10/h3-4,7H,5-6H2,1-2H3,(H,14,15,17). The van der Waals surface area contributed by atoms with Crippen LogP contribution in [0.5, 0.6) is 11.6 Å². The molecule has 0 fully saturated rings. The number of methoxy groups -OCH3 is 1. The smallest absolute Gasteiger partial charge is 0.224 e. The van der Waals surface area contributed by atoms with Crippen LogP contribution in [0.4, 0.5) is 5.82 Å². The van der Waals surface area contributed by atoms with Gasteiger partial charge in [-0.2, -0.15) is 0 Å². The van der Waals surface area contributed by atoms with Crippen molar-refractivity contribution in [2.75, 3.05) is 25.6 Å². The monoisotopic (exact) mass is 258 g/mol. The van der Waals surface area contributed by atoms with E-state index in [2.05, 4.69) is 20.3 Å². The van der Waals surface area contributed by atoms with Crippen molar-refractivity contribution in [3.05, 3.63) is 24.0 Å². The van der Waals surface area contributed by atoms with Gasteiger partial charge in [-0.25, -0.2) is 15.0 Å². The molecule has 0 amide bonds. The van der Waals surface area contributed by atoms with Crippen LogP contribution in [0, 0.1) is 6.92 Å². The number of hydrogen-bond donors (Lipinski definition) is 1. The number of rotatable bonds is 2. The number of fused-ring (bicyclic) bond motifs is 1. The molecule has 0 unspecified atom stereocenters. The predicted octanol–water partition coefficient (Wildman–Crippen LogP) is 1.66. The van der Waals surface area contributed by atoms with Crippen LogP contribution in [0.15, 0.2) is 18.3 Å². The summed E-state index contributed by atoms with van der Waals surface area (Å²) in [6.45, 7) is 3.28. The van der Waals surface area contributed by atoms with Gasteiger partial charge in [0.1, 0.15) is 6.61 Å². The van der Waals surface area contributed by atoms with Crippen molar-refractivity contribution in [3.8, 4) is 23.0 Å². The first-order valence-electron chi connectivity index (χ1n) is 6.03. The van der Waals surface area contributed by atoms with Crippen molar-refractivity contribution in [1.82, 2.24) is 15.0 Å². The van der Waals surface area contributed by atoms with Crippen LogP contribution < -0.4 is 14.8 Å². The zero-order valence-electron chi connectivity index (χ0n) is 10.8.